The van der Waals surface area contributed by atoms with E-state index >= 15 is 0 Å². The number of hydrogen-bond donors (Lipinski definition) is 1. The molecular formula is C14H13FN2OS. The van der Waals surface area contributed by atoms with Gasteiger partial charge in [0.15, 0.2) is 0 Å². The second kappa shape index (κ2) is 4.75. The molecule has 2 N–H and O–H groups in total. The minimum Gasteiger partial charge on any atom is -0.459 e. The molecule has 1 atom stereocenters. The molecule has 0 fully saturated rings. The quantitative estimate of drug-likeness (QED) is 0.795. The van der Waals surface area contributed by atoms with E-state index in [2.05, 4.69) is 4.98 Å². The van der Waals surface area contributed by atoms with Gasteiger partial charge in [0, 0.05) is 28.9 Å². The van der Waals surface area contributed by atoms with E-state index in [1.807, 2.05) is 12.3 Å². The molecule has 3 aromatic rings. The Morgan fingerprint density at radius 3 is 3.05 bits per heavy atom. The van der Waals surface area contributed by atoms with Crippen molar-refractivity contribution >= 4 is 22.3 Å². The highest BCUT2D eigenvalue weighted by molar-refractivity contribution is 7.09. The van der Waals surface area contributed by atoms with Crippen molar-refractivity contribution in [1.82, 2.24) is 4.98 Å². The van der Waals surface area contributed by atoms with Gasteiger partial charge in [0.05, 0.1) is 11.0 Å². The molecular weight excluding hydrogens is 263 g/mol. The lowest BCUT2D eigenvalue weighted by Crippen LogP contribution is -2.13. The third-order valence-corrected chi connectivity index (χ3v) is 3.95. The highest BCUT2D eigenvalue weighted by atomic mass is 32.1. The topological polar surface area (TPSA) is 52.0 Å². The molecule has 98 valence electrons. The van der Waals surface area contributed by atoms with Gasteiger partial charge in [0.1, 0.15) is 17.2 Å². The summed E-state index contributed by atoms with van der Waals surface area (Å²) in [5.74, 6) is 0.437. The van der Waals surface area contributed by atoms with E-state index in [9.17, 15) is 4.39 Å². The van der Waals surface area contributed by atoms with Gasteiger partial charge in [-0.2, -0.15) is 0 Å². The van der Waals surface area contributed by atoms with Crippen molar-refractivity contribution in [2.45, 2.75) is 19.4 Å². The predicted molar refractivity (Wildman–Crippen MR) is 73.7 cm³/mol. The van der Waals surface area contributed by atoms with Gasteiger partial charge in [0.25, 0.3) is 0 Å². The minimum atomic E-state index is -0.267. The Kier molecular flexibility index (Phi) is 3.08. The molecule has 5 heteroatoms. The number of rotatable bonds is 3. The van der Waals surface area contributed by atoms with Crippen molar-refractivity contribution in [3.8, 4) is 0 Å². The van der Waals surface area contributed by atoms with Crippen LogP contribution in [0.4, 0.5) is 4.39 Å². The van der Waals surface area contributed by atoms with Gasteiger partial charge in [-0.1, -0.05) is 0 Å². The molecule has 0 amide bonds. The molecule has 0 aliphatic carbocycles. The zero-order chi connectivity index (χ0) is 13.4. The highest BCUT2D eigenvalue weighted by Gasteiger charge is 2.18. The van der Waals surface area contributed by atoms with Crippen LogP contribution in [0.15, 0.2) is 34.2 Å². The van der Waals surface area contributed by atoms with Gasteiger partial charge in [-0.15, -0.1) is 11.3 Å². The van der Waals surface area contributed by atoms with Crippen LogP contribution in [0.5, 0.6) is 0 Å². The second-order valence-electron chi connectivity index (χ2n) is 4.47. The summed E-state index contributed by atoms with van der Waals surface area (Å²) >= 11 is 1.57. The summed E-state index contributed by atoms with van der Waals surface area (Å²) < 4.78 is 19.0. The maximum Gasteiger partial charge on any atom is 0.134 e. The largest absolute Gasteiger partial charge is 0.459 e. The summed E-state index contributed by atoms with van der Waals surface area (Å²) in [6, 6.07) is 4.24. The lowest BCUT2D eigenvalue weighted by atomic mass is 10.1. The second-order valence-corrected chi connectivity index (χ2v) is 5.45. The van der Waals surface area contributed by atoms with Gasteiger partial charge in [-0.05, 0) is 25.1 Å². The number of halogens is 1. The van der Waals surface area contributed by atoms with Crippen molar-refractivity contribution in [2.24, 2.45) is 5.73 Å². The Hall–Kier alpha value is -1.72. The molecule has 0 aliphatic rings. The molecule has 2 heterocycles. The summed E-state index contributed by atoms with van der Waals surface area (Å²) in [6.07, 6.45) is 2.38. The number of thiazole rings is 1. The van der Waals surface area contributed by atoms with Gasteiger partial charge < -0.3 is 10.2 Å². The van der Waals surface area contributed by atoms with E-state index < -0.39 is 0 Å². The average molecular weight is 276 g/mol. The number of benzene rings is 1. The third kappa shape index (κ3) is 2.27. The molecule has 0 bridgehead atoms. The van der Waals surface area contributed by atoms with Crippen LogP contribution in [0.25, 0.3) is 11.0 Å². The van der Waals surface area contributed by atoms with Gasteiger partial charge in [-0.25, -0.2) is 9.37 Å². The number of nitrogens with zero attached hydrogens (tertiary/aromatic N) is 1. The first-order valence-corrected chi connectivity index (χ1v) is 6.85. The van der Waals surface area contributed by atoms with Crippen molar-refractivity contribution in [1.29, 1.82) is 0 Å². The van der Waals surface area contributed by atoms with Crippen LogP contribution in [-0.4, -0.2) is 4.98 Å². The van der Waals surface area contributed by atoms with E-state index in [1.54, 1.807) is 23.6 Å². The molecule has 0 aliphatic heterocycles. The smallest absolute Gasteiger partial charge is 0.134 e. The Bertz CT molecular complexity index is 706. The summed E-state index contributed by atoms with van der Waals surface area (Å²) in [5.41, 5.74) is 7.74. The monoisotopic (exact) mass is 276 g/mol. The number of furan rings is 1. The van der Waals surface area contributed by atoms with Crippen LogP contribution in [-0.2, 0) is 6.42 Å². The van der Waals surface area contributed by atoms with Crippen LogP contribution < -0.4 is 5.73 Å². The van der Waals surface area contributed by atoms with E-state index in [-0.39, 0.29) is 11.9 Å². The fourth-order valence-electron chi connectivity index (χ4n) is 2.20. The van der Waals surface area contributed by atoms with Crippen molar-refractivity contribution < 1.29 is 8.81 Å². The van der Waals surface area contributed by atoms with E-state index in [4.69, 9.17) is 10.2 Å². The van der Waals surface area contributed by atoms with E-state index in [0.717, 1.165) is 16.0 Å². The molecule has 0 radical (unpaired) electrons. The summed E-state index contributed by atoms with van der Waals surface area (Å²) in [5, 5.41) is 3.67. The minimum absolute atomic E-state index is 0.262. The molecule has 1 unspecified atom stereocenters. The van der Waals surface area contributed by atoms with Crippen LogP contribution in [0, 0.1) is 12.7 Å². The van der Waals surface area contributed by atoms with E-state index in [0.29, 0.717) is 17.8 Å². The third-order valence-electron chi connectivity index (χ3n) is 3.15. The maximum absolute atomic E-state index is 13.3. The standard InChI is InChI=1S/C14H13FN2OS/c1-8-10-6-9(15)2-3-12(10)18-14(8)11(16)7-13-17-4-5-19-13/h2-6,11H,7,16H2,1H3. The lowest BCUT2D eigenvalue weighted by molar-refractivity contribution is 0.489. The normalized spacial score (nSPS) is 13.0. The predicted octanol–water partition coefficient (Wildman–Crippen LogP) is 3.58. The van der Waals surface area contributed by atoms with E-state index in [1.165, 1.54) is 12.1 Å². The summed E-state index contributed by atoms with van der Waals surface area (Å²) in [6.45, 7) is 1.91. The fraction of sp³-hybridized carbons (Fsp3) is 0.214. The maximum atomic E-state index is 13.3. The van der Waals surface area contributed by atoms with Crippen LogP contribution in [0.1, 0.15) is 22.4 Å². The van der Waals surface area contributed by atoms with Crippen molar-refractivity contribution in [3.05, 3.63) is 51.9 Å². The number of hydrogen-bond acceptors (Lipinski definition) is 4. The first kappa shape index (κ1) is 12.3. The van der Waals surface area contributed by atoms with Crippen LogP contribution in [0.3, 0.4) is 0 Å². The number of nitrogens with two attached hydrogens (primary N) is 1. The molecule has 0 spiro atoms. The van der Waals surface area contributed by atoms with Crippen molar-refractivity contribution in [3.63, 3.8) is 0 Å². The zero-order valence-corrected chi connectivity index (χ0v) is 11.2. The molecule has 3 nitrogen and oxygen atoms in total. The first-order valence-electron chi connectivity index (χ1n) is 5.97. The van der Waals surface area contributed by atoms with Gasteiger partial charge in [0.2, 0.25) is 0 Å². The molecule has 0 saturated carbocycles. The lowest BCUT2D eigenvalue weighted by Gasteiger charge is -2.07. The summed E-state index contributed by atoms with van der Waals surface area (Å²) in [4.78, 5) is 4.22. The Labute approximate surface area is 113 Å². The van der Waals surface area contributed by atoms with Gasteiger partial charge in [-0.3, -0.25) is 0 Å². The van der Waals surface area contributed by atoms with Crippen molar-refractivity contribution in [2.75, 3.05) is 0 Å². The number of aryl methyl sites for hydroxylation is 1. The highest BCUT2D eigenvalue weighted by Crippen LogP contribution is 2.30. The van der Waals surface area contributed by atoms with Crippen LogP contribution in [0.2, 0.25) is 0 Å². The molecule has 3 rings (SSSR count). The Morgan fingerprint density at radius 2 is 2.32 bits per heavy atom. The van der Waals surface area contributed by atoms with Gasteiger partial charge >= 0.3 is 0 Å². The Balaban J connectivity index is 1.98. The number of fused-ring (bicyclic) bond motifs is 1. The molecule has 1 aromatic carbocycles. The molecule has 0 saturated heterocycles. The average Bonchev–Trinajstić information content (AvgIpc) is 2.98. The number of aromatic nitrogens is 1. The molecule has 19 heavy (non-hydrogen) atoms. The Morgan fingerprint density at radius 1 is 1.47 bits per heavy atom. The fourth-order valence-corrected chi connectivity index (χ4v) is 2.88. The summed E-state index contributed by atoms with van der Waals surface area (Å²) in [7, 11) is 0. The SMILES string of the molecule is Cc1c(C(N)Cc2nccs2)oc2ccc(F)cc12. The zero-order valence-electron chi connectivity index (χ0n) is 10.4. The molecule has 2 aromatic heterocycles. The first-order chi connectivity index (χ1) is 9.15. The van der Waals surface area contributed by atoms with Crippen LogP contribution >= 0.6 is 11.3 Å².